The predicted molar refractivity (Wildman–Crippen MR) is 145 cm³/mol. The van der Waals surface area contributed by atoms with E-state index in [4.69, 9.17) is 20.8 Å². The van der Waals surface area contributed by atoms with Crippen molar-refractivity contribution in [1.29, 1.82) is 10.5 Å². The second kappa shape index (κ2) is 10.6. The molecule has 1 aromatic carbocycles. The standard InChI is InChI=1S/C28H27N9O/c1-18(34-23-7-9-36(17-30)10-8-23)27(35-31)21-11-26(28-22(12-29)14-33-37(28)16-21)38-19(2)25-15-32-13-20-5-3-4-6-24(20)25/h3-6,11,13-16,19,23H,7-10,31H2,1-2H3/b34-18?,35-27+. The number of benzene rings is 1. The molecule has 4 aromatic rings. The summed E-state index contributed by atoms with van der Waals surface area (Å²) in [5.41, 5.74) is 3.75. The molecule has 0 amide bonds. The van der Waals surface area contributed by atoms with Gasteiger partial charge in [-0.2, -0.15) is 20.7 Å². The van der Waals surface area contributed by atoms with E-state index in [-0.39, 0.29) is 12.1 Å². The molecule has 3 aromatic heterocycles. The van der Waals surface area contributed by atoms with Crippen LogP contribution < -0.4 is 10.6 Å². The maximum Gasteiger partial charge on any atom is 0.179 e. The highest BCUT2D eigenvalue weighted by molar-refractivity contribution is 6.47. The number of rotatable bonds is 6. The Kier molecular flexibility index (Phi) is 6.88. The van der Waals surface area contributed by atoms with Gasteiger partial charge in [-0.05, 0) is 38.1 Å². The number of nitrogens with zero attached hydrogens (tertiary/aromatic N) is 8. The Morgan fingerprint density at radius 1 is 1.18 bits per heavy atom. The van der Waals surface area contributed by atoms with E-state index in [9.17, 15) is 5.26 Å². The van der Waals surface area contributed by atoms with Crippen molar-refractivity contribution in [2.24, 2.45) is 15.9 Å². The maximum absolute atomic E-state index is 9.72. The lowest BCUT2D eigenvalue weighted by Gasteiger charge is -2.26. The zero-order valence-corrected chi connectivity index (χ0v) is 21.2. The molecule has 1 unspecified atom stereocenters. The number of fused-ring (bicyclic) bond motifs is 2. The fourth-order valence-corrected chi connectivity index (χ4v) is 4.91. The zero-order valence-electron chi connectivity index (χ0n) is 21.2. The number of hydrazone groups is 1. The molecule has 38 heavy (non-hydrogen) atoms. The van der Waals surface area contributed by atoms with Crippen molar-refractivity contribution >= 4 is 27.7 Å². The van der Waals surface area contributed by atoms with E-state index in [1.54, 1.807) is 21.8 Å². The first kappa shape index (κ1) is 24.7. The first-order valence-electron chi connectivity index (χ1n) is 12.4. The summed E-state index contributed by atoms with van der Waals surface area (Å²) in [6, 6.07) is 12.1. The molecule has 4 heterocycles. The summed E-state index contributed by atoms with van der Waals surface area (Å²) >= 11 is 0. The number of piperidine rings is 1. The third-order valence-electron chi connectivity index (χ3n) is 6.87. The van der Waals surface area contributed by atoms with E-state index < -0.39 is 0 Å². The molecule has 0 aliphatic carbocycles. The van der Waals surface area contributed by atoms with Gasteiger partial charge in [-0.15, -0.1) is 0 Å². The van der Waals surface area contributed by atoms with E-state index in [1.807, 2.05) is 50.4 Å². The summed E-state index contributed by atoms with van der Waals surface area (Å²) in [6.07, 6.45) is 10.3. The fourth-order valence-electron chi connectivity index (χ4n) is 4.91. The average Bonchev–Trinajstić information content (AvgIpc) is 3.37. The summed E-state index contributed by atoms with van der Waals surface area (Å²) < 4.78 is 8.10. The monoisotopic (exact) mass is 505 g/mol. The van der Waals surface area contributed by atoms with E-state index in [0.29, 0.717) is 46.9 Å². The van der Waals surface area contributed by atoms with Crippen LogP contribution in [0.4, 0.5) is 0 Å². The van der Waals surface area contributed by atoms with Crippen LogP contribution >= 0.6 is 0 Å². The molecule has 0 bridgehead atoms. The fraction of sp³-hybridized carbons (Fsp3) is 0.286. The van der Waals surface area contributed by atoms with E-state index in [0.717, 1.165) is 29.2 Å². The van der Waals surface area contributed by atoms with Gasteiger partial charge in [-0.25, -0.2) is 4.52 Å². The summed E-state index contributed by atoms with van der Waals surface area (Å²) in [6.45, 7) is 5.19. The quantitative estimate of drug-likeness (QED) is 0.181. The number of aliphatic imine (C=N–C) groups is 1. The van der Waals surface area contributed by atoms with Gasteiger partial charge < -0.3 is 15.5 Å². The Bertz CT molecular complexity index is 1630. The van der Waals surface area contributed by atoms with E-state index >= 15 is 0 Å². The molecule has 0 radical (unpaired) electrons. The SMILES string of the molecule is CC(=NC1CCN(C#N)CC1)/C(=N\N)c1cc(OC(C)c2cncc3ccccc23)c2c(C#N)cnn2c1. The van der Waals surface area contributed by atoms with Crippen LogP contribution in [0, 0.1) is 22.8 Å². The minimum Gasteiger partial charge on any atom is -0.484 e. The molecule has 0 spiro atoms. The lowest BCUT2D eigenvalue weighted by Crippen LogP contribution is -2.32. The molecule has 5 rings (SSSR count). The Labute approximate surface area is 220 Å². The molecular weight excluding hydrogens is 478 g/mol. The molecule has 1 fully saturated rings. The molecule has 1 aliphatic heterocycles. The number of hydrogen-bond acceptors (Lipinski definition) is 9. The number of ether oxygens (including phenoxy) is 1. The van der Waals surface area contributed by atoms with Crippen LogP contribution in [0.25, 0.3) is 16.3 Å². The van der Waals surface area contributed by atoms with E-state index in [2.05, 4.69) is 27.4 Å². The molecule has 0 saturated carbocycles. The number of pyridine rings is 2. The van der Waals surface area contributed by atoms with Crippen molar-refractivity contribution in [3.63, 3.8) is 0 Å². The van der Waals surface area contributed by atoms with Crippen LogP contribution in [0.15, 0.2) is 65.2 Å². The normalized spacial score (nSPS) is 15.8. The number of likely N-dealkylation sites (tertiary alicyclic amines) is 1. The van der Waals surface area contributed by atoms with Crippen molar-refractivity contribution in [2.45, 2.75) is 38.8 Å². The second-order valence-electron chi connectivity index (χ2n) is 9.28. The Morgan fingerprint density at radius 2 is 1.97 bits per heavy atom. The highest BCUT2D eigenvalue weighted by Gasteiger charge is 2.22. The third kappa shape index (κ3) is 4.72. The van der Waals surface area contributed by atoms with Crippen LogP contribution in [0.5, 0.6) is 5.75 Å². The van der Waals surface area contributed by atoms with Gasteiger partial charge in [0.15, 0.2) is 6.19 Å². The van der Waals surface area contributed by atoms with Gasteiger partial charge in [0.05, 0.1) is 18.0 Å². The highest BCUT2D eigenvalue weighted by Crippen LogP contribution is 2.32. The summed E-state index contributed by atoms with van der Waals surface area (Å²) in [7, 11) is 0. The minimum atomic E-state index is -0.368. The molecule has 1 saturated heterocycles. The van der Waals surface area contributed by atoms with Gasteiger partial charge in [0.1, 0.15) is 34.7 Å². The van der Waals surface area contributed by atoms with Crippen LogP contribution in [-0.4, -0.2) is 50.1 Å². The predicted octanol–water partition coefficient (Wildman–Crippen LogP) is 3.96. The van der Waals surface area contributed by atoms with Crippen molar-refractivity contribution in [2.75, 3.05) is 13.1 Å². The molecular formula is C28H27N9O. The maximum atomic E-state index is 9.72. The van der Waals surface area contributed by atoms with Gasteiger partial charge >= 0.3 is 0 Å². The number of hydrogen-bond donors (Lipinski definition) is 1. The van der Waals surface area contributed by atoms with E-state index in [1.165, 1.54) is 6.20 Å². The first-order chi connectivity index (χ1) is 18.5. The molecule has 1 atom stereocenters. The lowest BCUT2D eigenvalue weighted by atomic mass is 10.0. The molecule has 10 heteroatoms. The van der Waals surface area contributed by atoms with Gasteiger partial charge in [-0.1, -0.05) is 24.3 Å². The topological polar surface area (TPSA) is 141 Å². The molecule has 190 valence electrons. The summed E-state index contributed by atoms with van der Waals surface area (Å²) in [5.74, 6) is 6.34. The lowest BCUT2D eigenvalue weighted by molar-refractivity contribution is 0.230. The van der Waals surface area contributed by atoms with Crippen LogP contribution in [0.2, 0.25) is 0 Å². The van der Waals surface area contributed by atoms with Gasteiger partial charge in [0.2, 0.25) is 0 Å². The summed E-state index contributed by atoms with van der Waals surface area (Å²) in [5, 5.41) is 29.3. The number of nitriles is 2. The van der Waals surface area contributed by atoms with Crippen LogP contribution in [-0.2, 0) is 0 Å². The van der Waals surface area contributed by atoms with Gasteiger partial charge in [0, 0.05) is 48.2 Å². The van der Waals surface area contributed by atoms with Gasteiger partial charge in [0.25, 0.3) is 0 Å². The second-order valence-corrected chi connectivity index (χ2v) is 9.28. The minimum absolute atomic E-state index is 0.0876. The Balaban J connectivity index is 1.52. The number of aromatic nitrogens is 3. The van der Waals surface area contributed by atoms with Crippen molar-refractivity contribution in [3.8, 4) is 18.0 Å². The van der Waals surface area contributed by atoms with Crippen molar-refractivity contribution in [3.05, 3.63) is 71.8 Å². The van der Waals surface area contributed by atoms with Crippen LogP contribution in [0.1, 0.15) is 49.5 Å². The highest BCUT2D eigenvalue weighted by atomic mass is 16.5. The Hall–Kier alpha value is -4.96. The number of nitrogens with two attached hydrogens (primary N) is 1. The zero-order chi connectivity index (χ0) is 26.6. The van der Waals surface area contributed by atoms with Gasteiger partial charge in [-0.3, -0.25) is 9.98 Å². The molecule has 2 N–H and O–H groups in total. The smallest absolute Gasteiger partial charge is 0.179 e. The summed E-state index contributed by atoms with van der Waals surface area (Å²) in [4.78, 5) is 11.0. The van der Waals surface area contributed by atoms with Crippen molar-refractivity contribution in [1.82, 2.24) is 19.5 Å². The first-order valence-corrected chi connectivity index (χ1v) is 12.4. The largest absolute Gasteiger partial charge is 0.484 e. The Morgan fingerprint density at radius 3 is 2.71 bits per heavy atom. The molecule has 1 aliphatic rings. The van der Waals surface area contributed by atoms with Crippen molar-refractivity contribution < 1.29 is 4.74 Å². The molecule has 10 nitrogen and oxygen atoms in total. The van der Waals surface area contributed by atoms with Crippen LogP contribution in [0.3, 0.4) is 0 Å². The average molecular weight is 506 g/mol. The third-order valence-corrected chi connectivity index (χ3v) is 6.87.